The first-order valence-electron chi connectivity index (χ1n) is 15.5. The van der Waals surface area contributed by atoms with E-state index in [1.165, 1.54) is 14.0 Å². The van der Waals surface area contributed by atoms with E-state index in [4.69, 9.17) is 5.73 Å². The Morgan fingerprint density at radius 3 is 2.00 bits per heavy atom. The number of likely N-dealkylation sites (N-methyl/N-ethyl adjacent to an activating group) is 2. The molecule has 6 atom stereocenters. The Hall–Kier alpha value is -4.05. The van der Waals surface area contributed by atoms with Gasteiger partial charge in [-0.2, -0.15) is 0 Å². The van der Waals surface area contributed by atoms with Crippen LogP contribution in [0.4, 0.5) is 0 Å². The zero-order chi connectivity index (χ0) is 34.4. The van der Waals surface area contributed by atoms with Crippen LogP contribution in [-0.4, -0.2) is 108 Å². The minimum Gasteiger partial charge on any atom is -0.394 e. The second-order valence-corrected chi connectivity index (χ2v) is 11.6. The lowest BCUT2D eigenvalue weighted by atomic mass is 10.0. The van der Waals surface area contributed by atoms with Gasteiger partial charge in [0.25, 0.3) is 0 Å². The minimum absolute atomic E-state index is 0.135. The number of hydrogen-bond donors (Lipinski definition) is 10. The number of benzene rings is 1. The molecule has 1 heterocycles. The fourth-order valence-electron chi connectivity index (χ4n) is 4.97. The van der Waals surface area contributed by atoms with Crippen molar-refractivity contribution in [2.24, 2.45) is 11.7 Å². The highest BCUT2D eigenvalue weighted by Gasteiger charge is 2.35. The van der Waals surface area contributed by atoms with Gasteiger partial charge in [0, 0.05) is 30.6 Å². The van der Waals surface area contributed by atoms with Gasteiger partial charge in [-0.25, -0.2) is 0 Å². The lowest BCUT2D eigenvalue weighted by molar-refractivity contribution is -0.137. The number of aliphatic hydroxyl groups is 2. The minimum atomic E-state index is -1.47. The second kappa shape index (κ2) is 18.8. The van der Waals surface area contributed by atoms with E-state index in [2.05, 4.69) is 36.9 Å². The lowest BCUT2D eigenvalue weighted by Gasteiger charge is -2.29. The number of para-hydroxylation sites is 1. The Balaban J connectivity index is 2.14. The number of aliphatic hydroxyl groups excluding tert-OH is 2. The van der Waals surface area contributed by atoms with Gasteiger partial charge in [0.1, 0.15) is 24.2 Å². The van der Waals surface area contributed by atoms with Gasteiger partial charge in [-0.1, -0.05) is 38.5 Å². The molecule has 0 radical (unpaired) electrons. The molecule has 2 aromatic rings. The van der Waals surface area contributed by atoms with Crippen LogP contribution in [0.15, 0.2) is 30.5 Å². The summed E-state index contributed by atoms with van der Waals surface area (Å²) in [5.41, 5.74) is 7.17. The molecule has 2 rings (SSSR count). The first-order valence-corrected chi connectivity index (χ1v) is 15.5. The number of aromatic amines is 1. The summed E-state index contributed by atoms with van der Waals surface area (Å²) in [4.78, 5) is 68.4. The summed E-state index contributed by atoms with van der Waals surface area (Å²) in [6.45, 7) is 4.39. The molecule has 0 fully saturated rings. The average Bonchev–Trinajstić information content (AvgIpc) is 3.44. The van der Waals surface area contributed by atoms with Gasteiger partial charge >= 0.3 is 0 Å². The molecule has 256 valence electrons. The van der Waals surface area contributed by atoms with Crippen molar-refractivity contribution in [3.05, 3.63) is 36.0 Å². The molecule has 0 aliphatic heterocycles. The highest BCUT2D eigenvalue weighted by Crippen LogP contribution is 2.19. The first-order chi connectivity index (χ1) is 21.9. The van der Waals surface area contributed by atoms with Crippen molar-refractivity contribution < 1.29 is 34.2 Å². The van der Waals surface area contributed by atoms with Gasteiger partial charge in [-0.05, 0) is 50.9 Å². The Morgan fingerprint density at radius 1 is 0.804 bits per heavy atom. The quantitative estimate of drug-likeness (QED) is 0.0769. The molecule has 5 amide bonds. The number of hydrogen-bond acceptors (Lipinski definition) is 9. The summed E-state index contributed by atoms with van der Waals surface area (Å²) in [6.07, 6.45) is 2.40. The molecule has 1 unspecified atom stereocenters. The van der Waals surface area contributed by atoms with E-state index in [1.807, 2.05) is 24.3 Å². The lowest BCUT2D eigenvalue weighted by Crippen LogP contribution is -2.62. The number of nitrogens with one attached hydrogen (secondary N) is 7. The third kappa shape index (κ3) is 10.8. The van der Waals surface area contributed by atoms with Gasteiger partial charge < -0.3 is 52.8 Å². The van der Waals surface area contributed by atoms with Crippen molar-refractivity contribution in [3.63, 3.8) is 0 Å². The fraction of sp³-hybridized carbons (Fsp3) is 0.581. The third-order valence-electron chi connectivity index (χ3n) is 7.72. The number of fused-ring (bicyclic) bond motifs is 1. The van der Waals surface area contributed by atoms with E-state index in [0.717, 1.165) is 22.9 Å². The highest BCUT2D eigenvalue weighted by atomic mass is 16.3. The molecule has 11 N–H and O–H groups in total. The van der Waals surface area contributed by atoms with Crippen LogP contribution < -0.4 is 37.6 Å². The Labute approximate surface area is 269 Å². The van der Waals surface area contributed by atoms with Crippen LogP contribution in [0.1, 0.15) is 45.6 Å². The van der Waals surface area contributed by atoms with Crippen LogP contribution >= 0.6 is 0 Å². The number of carbonyl (C=O) groups excluding carboxylic acids is 5. The monoisotopic (exact) mass is 646 g/mol. The predicted molar refractivity (Wildman–Crippen MR) is 173 cm³/mol. The summed E-state index contributed by atoms with van der Waals surface area (Å²) in [7, 11) is 3.04. The van der Waals surface area contributed by atoms with Crippen molar-refractivity contribution in [2.45, 2.75) is 82.8 Å². The number of amides is 5. The van der Waals surface area contributed by atoms with Crippen molar-refractivity contribution in [1.29, 1.82) is 0 Å². The summed E-state index contributed by atoms with van der Waals surface area (Å²) >= 11 is 0. The normalized spacial score (nSPS) is 15.2. The van der Waals surface area contributed by atoms with Crippen LogP contribution in [0.5, 0.6) is 0 Å². The Bertz CT molecular complexity index is 1310. The van der Waals surface area contributed by atoms with Gasteiger partial charge in [-0.15, -0.1) is 0 Å². The van der Waals surface area contributed by atoms with E-state index in [-0.39, 0.29) is 6.42 Å². The Morgan fingerprint density at radius 2 is 1.41 bits per heavy atom. The molecule has 15 nitrogen and oxygen atoms in total. The molecule has 1 aromatic heterocycles. The standard InChI is InChI=1S/C31H50N8O7/c1-17(2)25(38-29(44)24(16-40)37-28(43)22(33-4)12-8-9-13-32)30(45)39-26(18(3)41)31(46)36-23(27(42)34-5)14-19-15-35-21-11-7-6-10-20(19)21/h6-7,10-11,15,17-18,22-26,33,35,40-41H,8-9,12-14,16,32H2,1-5H3,(H,34,42)(H,36,46)(H,37,43)(H,38,44)(H,39,45)/t18-,22+,23+,24+,25?,26+/m1/s1. The molecule has 0 saturated carbocycles. The molecule has 46 heavy (non-hydrogen) atoms. The van der Waals surface area contributed by atoms with Crippen LogP contribution in [0.25, 0.3) is 10.9 Å². The number of aromatic nitrogens is 1. The molecular weight excluding hydrogens is 596 g/mol. The maximum absolute atomic E-state index is 13.4. The zero-order valence-electron chi connectivity index (χ0n) is 27.2. The number of unbranched alkanes of at least 4 members (excludes halogenated alkanes) is 1. The van der Waals surface area contributed by atoms with Gasteiger partial charge in [0.15, 0.2) is 0 Å². The van der Waals surface area contributed by atoms with Crippen molar-refractivity contribution >= 4 is 40.4 Å². The van der Waals surface area contributed by atoms with E-state index < -0.39 is 78.4 Å². The van der Waals surface area contributed by atoms with Gasteiger partial charge in [0.2, 0.25) is 29.5 Å². The van der Waals surface area contributed by atoms with Crippen molar-refractivity contribution in [3.8, 4) is 0 Å². The van der Waals surface area contributed by atoms with Gasteiger partial charge in [-0.3, -0.25) is 24.0 Å². The summed E-state index contributed by atoms with van der Waals surface area (Å²) in [5, 5.41) is 36.8. The molecule has 15 heteroatoms. The first kappa shape index (κ1) is 38.1. The van der Waals surface area contributed by atoms with Crippen LogP contribution in [0.3, 0.4) is 0 Å². The van der Waals surface area contributed by atoms with Gasteiger partial charge in [0.05, 0.1) is 18.8 Å². The SMILES string of the molecule is CNC(=O)[C@H](Cc1c[nH]c2ccccc12)NC(=O)[C@@H](NC(=O)C(NC(=O)[C@H](CO)NC(=O)[C@H](CCCCN)NC)C(C)C)[C@@H](C)O. The van der Waals surface area contributed by atoms with Crippen molar-refractivity contribution in [2.75, 3.05) is 27.2 Å². The van der Waals surface area contributed by atoms with E-state index >= 15 is 0 Å². The molecule has 0 aliphatic carbocycles. The average molecular weight is 647 g/mol. The largest absolute Gasteiger partial charge is 0.394 e. The molecule has 0 spiro atoms. The van der Waals surface area contributed by atoms with Crippen LogP contribution in [0.2, 0.25) is 0 Å². The predicted octanol–water partition coefficient (Wildman–Crippen LogP) is -1.86. The topological polar surface area (TPSA) is 240 Å². The van der Waals surface area contributed by atoms with Crippen LogP contribution in [-0.2, 0) is 30.4 Å². The second-order valence-electron chi connectivity index (χ2n) is 11.6. The highest BCUT2D eigenvalue weighted by molar-refractivity contribution is 5.96. The number of H-pyrrole nitrogens is 1. The third-order valence-corrected chi connectivity index (χ3v) is 7.72. The van der Waals surface area contributed by atoms with E-state index in [9.17, 15) is 34.2 Å². The number of nitrogens with two attached hydrogens (primary N) is 1. The summed E-state index contributed by atoms with van der Waals surface area (Å²) in [5.74, 6) is -3.85. The van der Waals surface area contributed by atoms with Crippen molar-refractivity contribution in [1.82, 2.24) is 36.9 Å². The van der Waals surface area contributed by atoms with E-state index in [0.29, 0.717) is 19.4 Å². The summed E-state index contributed by atoms with van der Waals surface area (Å²) < 4.78 is 0. The maximum atomic E-state index is 13.4. The zero-order valence-corrected chi connectivity index (χ0v) is 27.2. The maximum Gasteiger partial charge on any atom is 0.245 e. The fourth-order valence-corrected chi connectivity index (χ4v) is 4.97. The van der Waals surface area contributed by atoms with E-state index in [1.54, 1.807) is 27.1 Å². The Kier molecular flexibility index (Phi) is 15.6. The number of carbonyl (C=O) groups is 5. The molecule has 0 aliphatic rings. The molecule has 1 aromatic carbocycles. The molecular formula is C31H50N8O7. The molecule has 0 bridgehead atoms. The van der Waals surface area contributed by atoms with Crippen LogP contribution in [0, 0.1) is 5.92 Å². The smallest absolute Gasteiger partial charge is 0.245 e. The molecule has 0 saturated heterocycles. The number of rotatable bonds is 19. The summed E-state index contributed by atoms with van der Waals surface area (Å²) in [6, 6.07) is 1.84.